The zero-order valence-electron chi connectivity index (χ0n) is 12.1. The van der Waals surface area contributed by atoms with Gasteiger partial charge in [-0.1, -0.05) is 12.1 Å². The first-order chi connectivity index (χ1) is 10.1. The third-order valence-corrected chi connectivity index (χ3v) is 3.91. The zero-order chi connectivity index (χ0) is 15.0. The molecule has 1 aliphatic heterocycles. The summed E-state index contributed by atoms with van der Waals surface area (Å²) in [4.78, 5) is 16.7. The molecule has 21 heavy (non-hydrogen) atoms. The van der Waals surface area contributed by atoms with E-state index in [9.17, 15) is 9.18 Å². The Labute approximate surface area is 123 Å². The summed E-state index contributed by atoms with van der Waals surface area (Å²) in [6.45, 7) is 3.17. The number of amides is 1. The first-order valence-corrected chi connectivity index (χ1v) is 6.96. The van der Waals surface area contributed by atoms with Crippen LogP contribution in [-0.2, 0) is 0 Å². The molecule has 0 saturated carbocycles. The largest absolute Gasteiger partial charge is 0.371 e. The van der Waals surface area contributed by atoms with E-state index in [2.05, 4.69) is 4.90 Å². The molecule has 2 aromatic rings. The minimum atomic E-state index is -0.317. The quantitative estimate of drug-likeness (QED) is 0.802. The van der Waals surface area contributed by atoms with Gasteiger partial charge in [-0.3, -0.25) is 4.79 Å². The number of halogens is 1. The van der Waals surface area contributed by atoms with Crippen molar-refractivity contribution in [2.75, 3.05) is 29.9 Å². The van der Waals surface area contributed by atoms with E-state index in [0.717, 1.165) is 17.9 Å². The van der Waals surface area contributed by atoms with E-state index in [1.54, 1.807) is 17.9 Å². The Balaban J connectivity index is 2.01. The summed E-state index contributed by atoms with van der Waals surface area (Å²) in [5.41, 5.74) is 3.16. The molecule has 0 bridgehead atoms. The van der Waals surface area contributed by atoms with Gasteiger partial charge in [0.2, 0.25) is 0 Å². The van der Waals surface area contributed by atoms with Gasteiger partial charge in [0.05, 0.1) is 11.4 Å². The number of benzene rings is 2. The molecule has 3 nitrogen and oxygen atoms in total. The lowest BCUT2D eigenvalue weighted by molar-refractivity contribution is 0.0986. The highest BCUT2D eigenvalue weighted by atomic mass is 19.1. The molecule has 0 N–H and O–H groups in total. The maximum Gasteiger partial charge on any atom is 0.258 e. The Morgan fingerprint density at radius 3 is 2.52 bits per heavy atom. The van der Waals surface area contributed by atoms with Crippen molar-refractivity contribution in [3.8, 4) is 0 Å². The third kappa shape index (κ3) is 2.37. The summed E-state index contributed by atoms with van der Waals surface area (Å²) in [5.74, 6) is -0.393. The third-order valence-electron chi connectivity index (χ3n) is 3.91. The standard InChI is InChI=1S/C17H17FN2O/c1-12-11-13(18)7-8-14(12)17(21)20-10-9-19(2)15-5-3-4-6-16(15)20/h3-8,11H,9-10H2,1-2H3. The predicted octanol–water partition coefficient (Wildman–Crippen LogP) is 3.23. The number of hydrogen-bond acceptors (Lipinski definition) is 2. The van der Waals surface area contributed by atoms with Crippen LogP contribution in [0.4, 0.5) is 15.8 Å². The number of carbonyl (C=O) groups is 1. The van der Waals surface area contributed by atoms with Crippen LogP contribution in [0.15, 0.2) is 42.5 Å². The number of rotatable bonds is 1. The highest BCUT2D eigenvalue weighted by Crippen LogP contribution is 2.33. The summed E-state index contributed by atoms with van der Waals surface area (Å²) in [6, 6.07) is 12.1. The van der Waals surface area contributed by atoms with Crippen molar-refractivity contribution in [2.45, 2.75) is 6.92 Å². The molecule has 0 spiro atoms. The molecule has 2 aromatic carbocycles. The van der Waals surface area contributed by atoms with Crippen molar-refractivity contribution in [3.05, 3.63) is 59.4 Å². The molecule has 0 fully saturated rings. The Morgan fingerprint density at radius 1 is 1.10 bits per heavy atom. The fourth-order valence-electron chi connectivity index (χ4n) is 2.73. The highest BCUT2D eigenvalue weighted by molar-refractivity contribution is 6.09. The van der Waals surface area contributed by atoms with E-state index in [0.29, 0.717) is 17.7 Å². The van der Waals surface area contributed by atoms with Gasteiger partial charge in [-0.05, 0) is 42.8 Å². The number of nitrogens with zero attached hydrogens (tertiary/aromatic N) is 2. The predicted molar refractivity (Wildman–Crippen MR) is 82.5 cm³/mol. The van der Waals surface area contributed by atoms with Crippen molar-refractivity contribution in [1.29, 1.82) is 0 Å². The molecule has 1 heterocycles. The molecule has 0 radical (unpaired) electrons. The molecular weight excluding hydrogens is 267 g/mol. The van der Waals surface area contributed by atoms with Crippen molar-refractivity contribution in [3.63, 3.8) is 0 Å². The van der Waals surface area contributed by atoms with Crippen LogP contribution < -0.4 is 9.80 Å². The van der Waals surface area contributed by atoms with Crippen LogP contribution in [0.25, 0.3) is 0 Å². The molecule has 1 aliphatic rings. The van der Waals surface area contributed by atoms with Gasteiger partial charge in [0.15, 0.2) is 0 Å². The SMILES string of the molecule is Cc1cc(F)ccc1C(=O)N1CCN(C)c2ccccc21. The van der Waals surface area contributed by atoms with Crippen LogP contribution >= 0.6 is 0 Å². The lowest BCUT2D eigenvalue weighted by Gasteiger charge is -2.35. The summed E-state index contributed by atoms with van der Waals surface area (Å²) in [7, 11) is 2.02. The van der Waals surface area contributed by atoms with E-state index >= 15 is 0 Å². The van der Waals surface area contributed by atoms with Gasteiger partial charge in [-0.15, -0.1) is 0 Å². The minimum Gasteiger partial charge on any atom is -0.371 e. The normalized spacial score (nSPS) is 14.0. The monoisotopic (exact) mass is 284 g/mol. The van der Waals surface area contributed by atoms with Crippen molar-refractivity contribution in [2.24, 2.45) is 0 Å². The van der Waals surface area contributed by atoms with E-state index in [1.165, 1.54) is 12.1 Å². The average Bonchev–Trinajstić information content (AvgIpc) is 2.47. The molecule has 0 aliphatic carbocycles. The first-order valence-electron chi connectivity index (χ1n) is 6.96. The van der Waals surface area contributed by atoms with Gasteiger partial charge in [0.1, 0.15) is 5.82 Å². The van der Waals surface area contributed by atoms with Crippen molar-refractivity contribution < 1.29 is 9.18 Å². The number of para-hydroxylation sites is 2. The maximum absolute atomic E-state index is 13.2. The molecule has 0 saturated heterocycles. The maximum atomic E-state index is 13.2. The topological polar surface area (TPSA) is 23.6 Å². The molecule has 0 atom stereocenters. The first kappa shape index (κ1) is 13.6. The number of likely N-dealkylation sites (N-methyl/N-ethyl adjacent to an activating group) is 1. The van der Waals surface area contributed by atoms with Crippen LogP contribution in [0.1, 0.15) is 15.9 Å². The Bertz CT molecular complexity index is 699. The van der Waals surface area contributed by atoms with E-state index in [4.69, 9.17) is 0 Å². The van der Waals surface area contributed by atoms with Crippen molar-refractivity contribution in [1.82, 2.24) is 0 Å². The summed E-state index contributed by atoms with van der Waals surface area (Å²) in [6.07, 6.45) is 0. The van der Waals surface area contributed by atoms with E-state index in [1.807, 2.05) is 31.3 Å². The van der Waals surface area contributed by atoms with E-state index in [-0.39, 0.29) is 11.7 Å². The Morgan fingerprint density at radius 2 is 1.81 bits per heavy atom. The van der Waals surface area contributed by atoms with Gasteiger partial charge in [0.25, 0.3) is 5.91 Å². The van der Waals surface area contributed by atoms with Gasteiger partial charge < -0.3 is 9.80 Å². The van der Waals surface area contributed by atoms with Crippen molar-refractivity contribution >= 4 is 17.3 Å². The summed E-state index contributed by atoms with van der Waals surface area (Å²) >= 11 is 0. The number of fused-ring (bicyclic) bond motifs is 1. The molecular formula is C17H17FN2O. The highest BCUT2D eigenvalue weighted by Gasteiger charge is 2.26. The second kappa shape index (κ2) is 5.20. The Kier molecular flexibility index (Phi) is 3.37. The van der Waals surface area contributed by atoms with Crippen LogP contribution in [-0.4, -0.2) is 26.0 Å². The number of carbonyl (C=O) groups excluding carboxylic acids is 1. The van der Waals surface area contributed by atoms with Crippen LogP contribution in [0, 0.1) is 12.7 Å². The van der Waals surface area contributed by atoms with Gasteiger partial charge in [-0.25, -0.2) is 4.39 Å². The number of anilines is 2. The molecule has 0 aromatic heterocycles. The van der Waals surface area contributed by atoms with E-state index < -0.39 is 0 Å². The molecule has 108 valence electrons. The van der Waals surface area contributed by atoms with Gasteiger partial charge in [0, 0.05) is 25.7 Å². The molecule has 3 rings (SSSR count). The fraction of sp³-hybridized carbons (Fsp3) is 0.235. The molecule has 4 heteroatoms. The Hall–Kier alpha value is -2.36. The van der Waals surface area contributed by atoms with Crippen LogP contribution in [0.2, 0.25) is 0 Å². The average molecular weight is 284 g/mol. The second-order valence-electron chi connectivity index (χ2n) is 5.33. The second-order valence-corrected chi connectivity index (χ2v) is 5.33. The smallest absolute Gasteiger partial charge is 0.258 e. The number of aryl methyl sites for hydroxylation is 1. The fourth-order valence-corrected chi connectivity index (χ4v) is 2.73. The summed E-state index contributed by atoms with van der Waals surface area (Å²) in [5, 5.41) is 0. The van der Waals surface area contributed by atoms with Crippen LogP contribution in [0.3, 0.4) is 0 Å². The van der Waals surface area contributed by atoms with Gasteiger partial charge in [-0.2, -0.15) is 0 Å². The summed E-state index contributed by atoms with van der Waals surface area (Å²) < 4.78 is 13.2. The minimum absolute atomic E-state index is 0.0759. The lowest BCUT2D eigenvalue weighted by atomic mass is 10.1. The number of hydrogen-bond donors (Lipinski definition) is 0. The molecule has 0 unspecified atom stereocenters. The molecule has 1 amide bonds. The zero-order valence-corrected chi connectivity index (χ0v) is 12.1. The van der Waals surface area contributed by atoms with Crippen LogP contribution in [0.5, 0.6) is 0 Å². The van der Waals surface area contributed by atoms with Gasteiger partial charge >= 0.3 is 0 Å². The lowest BCUT2D eigenvalue weighted by Crippen LogP contribution is -2.42.